The highest BCUT2D eigenvalue weighted by atomic mass is 16.5. The number of benzene rings is 1. The van der Waals surface area contributed by atoms with Crippen molar-refractivity contribution in [2.45, 2.75) is 71.6 Å². The molecule has 0 N–H and O–H groups in total. The number of hydrogen-bond donors (Lipinski definition) is 0. The van der Waals surface area contributed by atoms with Crippen molar-refractivity contribution in [3.63, 3.8) is 0 Å². The topological polar surface area (TPSA) is 26.3 Å². The van der Waals surface area contributed by atoms with Gasteiger partial charge in [0.2, 0.25) is 0 Å². The lowest BCUT2D eigenvalue weighted by Gasteiger charge is -2.27. The quantitative estimate of drug-likeness (QED) is 0.488. The van der Waals surface area contributed by atoms with Crippen LogP contribution in [0.25, 0.3) is 0 Å². The summed E-state index contributed by atoms with van der Waals surface area (Å²) in [6, 6.07) is 7.98. The van der Waals surface area contributed by atoms with Crippen molar-refractivity contribution < 1.29 is 9.53 Å². The first-order chi connectivity index (χ1) is 10.7. The molecule has 0 spiro atoms. The lowest BCUT2D eigenvalue weighted by Crippen LogP contribution is -2.25. The van der Waals surface area contributed by atoms with Crippen molar-refractivity contribution in [3.8, 4) is 5.75 Å². The van der Waals surface area contributed by atoms with Crippen molar-refractivity contribution in [1.29, 1.82) is 0 Å². The van der Waals surface area contributed by atoms with E-state index in [0.29, 0.717) is 5.75 Å². The Morgan fingerprint density at radius 1 is 1.05 bits per heavy atom. The summed E-state index contributed by atoms with van der Waals surface area (Å²) in [4.78, 5) is 12.3. The molecule has 122 valence electrons. The summed E-state index contributed by atoms with van der Waals surface area (Å²) < 4.78 is 5.56. The number of rotatable bonds is 7. The maximum atomic E-state index is 12.3. The molecular formula is C20H30O2. The van der Waals surface area contributed by atoms with Crippen LogP contribution in [0.2, 0.25) is 0 Å². The molecule has 2 heteroatoms. The fraction of sp³-hybridized carbons (Fsp3) is 0.650. The number of aryl methyl sites for hydroxylation is 1. The minimum Gasteiger partial charge on any atom is -0.426 e. The molecule has 0 atom stereocenters. The third-order valence-corrected chi connectivity index (χ3v) is 4.83. The zero-order valence-corrected chi connectivity index (χ0v) is 14.1. The maximum absolute atomic E-state index is 12.3. The van der Waals surface area contributed by atoms with Crippen LogP contribution in [-0.4, -0.2) is 5.97 Å². The van der Waals surface area contributed by atoms with E-state index in [1.807, 2.05) is 12.1 Å². The SMILES string of the molecule is CCCC[C@H]1CC[C@H](C(=O)Oc2ccc(CCC)cc2)CC1. The Balaban J connectivity index is 1.78. The van der Waals surface area contributed by atoms with Gasteiger partial charge in [0, 0.05) is 0 Å². The van der Waals surface area contributed by atoms with Gasteiger partial charge in [0.05, 0.1) is 5.92 Å². The predicted octanol–water partition coefficient (Wildman–Crippen LogP) is 5.54. The van der Waals surface area contributed by atoms with E-state index < -0.39 is 0 Å². The van der Waals surface area contributed by atoms with Gasteiger partial charge < -0.3 is 4.74 Å². The summed E-state index contributed by atoms with van der Waals surface area (Å²) in [5.41, 5.74) is 1.30. The van der Waals surface area contributed by atoms with Crippen molar-refractivity contribution >= 4 is 5.97 Å². The second-order valence-electron chi connectivity index (χ2n) is 6.67. The fourth-order valence-electron chi connectivity index (χ4n) is 3.39. The second kappa shape index (κ2) is 8.97. The summed E-state index contributed by atoms with van der Waals surface area (Å²) in [6.07, 6.45) is 10.5. The van der Waals surface area contributed by atoms with E-state index in [-0.39, 0.29) is 11.9 Å². The summed E-state index contributed by atoms with van der Waals surface area (Å²) in [6.45, 7) is 4.42. The minimum atomic E-state index is -0.0304. The van der Waals surface area contributed by atoms with Crippen LogP contribution >= 0.6 is 0 Å². The van der Waals surface area contributed by atoms with Crippen LogP contribution in [0.1, 0.15) is 70.8 Å². The summed E-state index contributed by atoms with van der Waals surface area (Å²) in [5.74, 6) is 1.60. The summed E-state index contributed by atoms with van der Waals surface area (Å²) in [5, 5.41) is 0. The maximum Gasteiger partial charge on any atom is 0.314 e. The minimum absolute atomic E-state index is 0.0304. The fourth-order valence-corrected chi connectivity index (χ4v) is 3.39. The second-order valence-corrected chi connectivity index (χ2v) is 6.67. The molecule has 1 saturated carbocycles. The van der Waals surface area contributed by atoms with Crippen LogP contribution < -0.4 is 4.74 Å². The Labute approximate surface area is 135 Å². The molecule has 0 bridgehead atoms. The van der Waals surface area contributed by atoms with Gasteiger partial charge in [0.25, 0.3) is 0 Å². The Kier molecular flexibility index (Phi) is 6.95. The number of hydrogen-bond acceptors (Lipinski definition) is 2. The van der Waals surface area contributed by atoms with E-state index >= 15 is 0 Å². The third kappa shape index (κ3) is 5.15. The summed E-state index contributed by atoms with van der Waals surface area (Å²) >= 11 is 0. The third-order valence-electron chi connectivity index (χ3n) is 4.83. The van der Waals surface area contributed by atoms with E-state index in [0.717, 1.165) is 31.6 Å². The molecule has 1 aromatic rings. The van der Waals surface area contributed by atoms with Gasteiger partial charge in [-0.15, -0.1) is 0 Å². The Morgan fingerprint density at radius 3 is 2.32 bits per heavy atom. The molecule has 22 heavy (non-hydrogen) atoms. The molecule has 0 heterocycles. The van der Waals surface area contributed by atoms with Gasteiger partial charge in [-0.1, -0.05) is 51.7 Å². The van der Waals surface area contributed by atoms with Gasteiger partial charge in [0.1, 0.15) is 5.75 Å². The van der Waals surface area contributed by atoms with Crippen LogP contribution in [-0.2, 0) is 11.2 Å². The van der Waals surface area contributed by atoms with Gasteiger partial charge >= 0.3 is 5.97 Å². The van der Waals surface area contributed by atoms with Crippen molar-refractivity contribution in [2.75, 3.05) is 0 Å². The van der Waals surface area contributed by atoms with Gasteiger partial charge in [-0.3, -0.25) is 4.79 Å². The van der Waals surface area contributed by atoms with Crippen LogP contribution in [0.3, 0.4) is 0 Å². The normalized spacial score (nSPS) is 21.5. The Hall–Kier alpha value is -1.31. The van der Waals surface area contributed by atoms with E-state index in [9.17, 15) is 4.79 Å². The largest absolute Gasteiger partial charge is 0.426 e. The summed E-state index contributed by atoms with van der Waals surface area (Å²) in [7, 11) is 0. The van der Waals surface area contributed by atoms with Crippen LogP contribution in [0.4, 0.5) is 0 Å². The highest BCUT2D eigenvalue weighted by Gasteiger charge is 2.27. The average Bonchev–Trinajstić information content (AvgIpc) is 2.55. The van der Waals surface area contributed by atoms with Crippen LogP contribution in [0.15, 0.2) is 24.3 Å². The van der Waals surface area contributed by atoms with Crippen molar-refractivity contribution in [3.05, 3.63) is 29.8 Å². The molecule has 1 aliphatic rings. The number of unbranched alkanes of at least 4 members (excludes halogenated alkanes) is 1. The molecule has 2 nitrogen and oxygen atoms in total. The van der Waals surface area contributed by atoms with Crippen molar-refractivity contribution in [2.24, 2.45) is 11.8 Å². The van der Waals surface area contributed by atoms with Gasteiger partial charge in [-0.05, 0) is 55.7 Å². The smallest absolute Gasteiger partial charge is 0.314 e. The van der Waals surface area contributed by atoms with E-state index in [2.05, 4.69) is 26.0 Å². The van der Waals surface area contributed by atoms with Gasteiger partial charge in [-0.2, -0.15) is 0 Å². The first-order valence-corrected chi connectivity index (χ1v) is 9.03. The molecule has 1 aromatic carbocycles. The zero-order valence-electron chi connectivity index (χ0n) is 14.1. The molecule has 0 amide bonds. The van der Waals surface area contributed by atoms with E-state index in [1.54, 1.807) is 0 Å². The molecule has 0 unspecified atom stereocenters. The number of carbonyl (C=O) groups is 1. The molecular weight excluding hydrogens is 272 g/mol. The molecule has 0 aliphatic heterocycles. The van der Waals surface area contributed by atoms with Gasteiger partial charge in [0.15, 0.2) is 0 Å². The molecule has 0 radical (unpaired) electrons. The number of ether oxygens (including phenoxy) is 1. The number of esters is 1. The Bertz CT molecular complexity index is 441. The number of carbonyl (C=O) groups excluding carboxylic acids is 1. The first kappa shape index (κ1) is 17.1. The highest BCUT2D eigenvalue weighted by molar-refractivity contribution is 5.75. The van der Waals surface area contributed by atoms with Crippen LogP contribution in [0.5, 0.6) is 5.75 Å². The van der Waals surface area contributed by atoms with Crippen molar-refractivity contribution in [1.82, 2.24) is 0 Å². The molecule has 1 aliphatic carbocycles. The molecule has 1 fully saturated rings. The van der Waals surface area contributed by atoms with Crippen LogP contribution in [0, 0.1) is 11.8 Å². The highest BCUT2D eigenvalue weighted by Crippen LogP contribution is 2.32. The lowest BCUT2D eigenvalue weighted by molar-refractivity contribution is -0.140. The Morgan fingerprint density at radius 2 is 1.73 bits per heavy atom. The average molecular weight is 302 g/mol. The molecule has 0 saturated heterocycles. The zero-order chi connectivity index (χ0) is 15.8. The van der Waals surface area contributed by atoms with E-state index in [4.69, 9.17) is 4.74 Å². The molecule has 0 aromatic heterocycles. The lowest BCUT2D eigenvalue weighted by atomic mass is 9.80. The first-order valence-electron chi connectivity index (χ1n) is 9.03. The standard InChI is InChI=1S/C20H30O2/c1-3-5-7-17-8-12-18(13-9-17)20(21)22-19-14-10-16(6-4-2)11-15-19/h10-11,14-15,17-18H,3-9,12-13H2,1-2H3/t17-,18-. The van der Waals surface area contributed by atoms with E-state index in [1.165, 1.54) is 37.7 Å². The van der Waals surface area contributed by atoms with Gasteiger partial charge in [-0.25, -0.2) is 0 Å². The predicted molar refractivity (Wildman–Crippen MR) is 91.0 cm³/mol. The molecule has 2 rings (SSSR count). The monoisotopic (exact) mass is 302 g/mol.